The molecule has 88 valence electrons. The zero-order chi connectivity index (χ0) is 11.5. The molecule has 1 saturated carbocycles. The number of rotatable bonds is 2. The summed E-state index contributed by atoms with van der Waals surface area (Å²) in [6.45, 7) is 0. The van der Waals surface area contributed by atoms with Crippen molar-refractivity contribution < 1.29 is 4.39 Å². The fourth-order valence-corrected chi connectivity index (χ4v) is 2.60. The van der Waals surface area contributed by atoms with Gasteiger partial charge in [-0.05, 0) is 36.5 Å². The Morgan fingerprint density at radius 1 is 1.25 bits per heavy atom. The van der Waals surface area contributed by atoms with E-state index in [1.807, 2.05) is 6.07 Å². The molecule has 16 heavy (non-hydrogen) atoms. The van der Waals surface area contributed by atoms with Crippen LogP contribution in [0.2, 0.25) is 5.02 Å². The van der Waals surface area contributed by atoms with E-state index < -0.39 is 0 Å². The number of benzene rings is 1. The topological polar surface area (TPSA) is 26.0 Å². The maximum absolute atomic E-state index is 13.3. The Balaban J connectivity index is 2.12. The van der Waals surface area contributed by atoms with Crippen molar-refractivity contribution in [1.82, 2.24) is 0 Å². The minimum Gasteiger partial charge on any atom is -0.324 e. The molecule has 0 heterocycles. The first-order valence-corrected chi connectivity index (χ1v) is 6.27. The van der Waals surface area contributed by atoms with Crippen LogP contribution in [0.3, 0.4) is 0 Å². The van der Waals surface area contributed by atoms with Gasteiger partial charge in [-0.25, -0.2) is 4.39 Å². The van der Waals surface area contributed by atoms with Gasteiger partial charge in [0.2, 0.25) is 0 Å². The van der Waals surface area contributed by atoms with Gasteiger partial charge in [0.25, 0.3) is 0 Å². The third-order valence-electron chi connectivity index (χ3n) is 3.49. The Hall–Kier alpha value is -0.600. The highest BCUT2D eigenvalue weighted by Crippen LogP contribution is 2.33. The zero-order valence-corrected chi connectivity index (χ0v) is 10.0. The van der Waals surface area contributed by atoms with Crippen molar-refractivity contribution in [2.24, 2.45) is 11.7 Å². The molecule has 0 radical (unpaired) electrons. The number of hydrogen-bond donors (Lipinski definition) is 1. The van der Waals surface area contributed by atoms with Crippen LogP contribution < -0.4 is 5.73 Å². The molecule has 0 bridgehead atoms. The van der Waals surface area contributed by atoms with Crippen molar-refractivity contribution in [3.05, 3.63) is 34.6 Å². The molecule has 0 aliphatic heterocycles. The fourth-order valence-electron chi connectivity index (χ4n) is 2.49. The molecule has 0 spiro atoms. The van der Waals surface area contributed by atoms with E-state index in [1.165, 1.54) is 25.3 Å². The van der Waals surface area contributed by atoms with E-state index in [-0.39, 0.29) is 16.9 Å². The van der Waals surface area contributed by atoms with E-state index in [9.17, 15) is 4.39 Å². The highest BCUT2D eigenvalue weighted by molar-refractivity contribution is 6.30. The number of halogens is 2. The molecule has 0 unspecified atom stereocenters. The molecule has 2 rings (SSSR count). The van der Waals surface area contributed by atoms with Crippen LogP contribution in [-0.4, -0.2) is 0 Å². The summed E-state index contributed by atoms with van der Waals surface area (Å²) in [5, 5.41) is 0.166. The third-order valence-corrected chi connectivity index (χ3v) is 3.79. The Labute approximate surface area is 101 Å². The van der Waals surface area contributed by atoms with Crippen LogP contribution in [0.15, 0.2) is 18.2 Å². The average molecular weight is 242 g/mol. The highest BCUT2D eigenvalue weighted by atomic mass is 35.5. The molecule has 1 nitrogen and oxygen atoms in total. The quantitative estimate of drug-likeness (QED) is 0.830. The second-order valence-electron chi connectivity index (χ2n) is 4.60. The van der Waals surface area contributed by atoms with Crippen molar-refractivity contribution in [2.45, 2.75) is 38.1 Å². The molecule has 3 heteroatoms. The number of nitrogens with two attached hydrogens (primary N) is 1. The van der Waals surface area contributed by atoms with Gasteiger partial charge in [0.1, 0.15) is 5.82 Å². The summed E-state index contributed by atoms with van der Waals surface area (Å²) in [5.74, 6) is 0.125. The molecule has 1 atom stereocenters. The van der Waals surface area contributed by atoms with Gasteiger partial charge >= 0.3 is 0 Å². The van der Waals surface area contributed by atoms with Crippen molar-refractivity contribution >= 4 is 11.6 Å². The van der Waals surface area contributed by atoms with Gasteiger partial charge < -0.3 is 5.73 Å². The Bertz CT molecular complexity index is 361. The lowest BCUT2D eigenvalue weighted by atomic mass is 9.81. The summed E-state index contributed by atoms with van der Waals surface area (Å²) in [7, 11) is 0. The van der Waals surface area contributed by atoms with Crippen molar-refractivity contribution in [3.8, 4) is 0 Å². The van der Waals surface area contributed by atoms with Gasteiger partial charge in [0.05, 0.1) is 5.02 Å². The lowest BCUT2D eigenvalue weighted by Gasteiger charge is -2.27. The largest absolute Gasteiger partial charge is 0.324 e. The standard InChI is InChI=1S/C13H17ClFN/c14-11-7-6-10(8-12(11)15)13(16)9-4-2-1-3-5-9/h6-9,13H,1-5,16H2/t13-/m0/s1. The first-order valence-electron chi connectivity index (χ1n) is 5.89. The molecular weight excluding hydrogens is 225 g/mol. The molecule has 1 aromatic rings. The molecule has 0 amide bonds. The fraction of sp³-hybridized carbons (Fsp3) is 0.538. The van der Waals surface area contributed by atoms with Gasteiger partial charge in [0.15, 0.2) is 0 Å². The summed E-state index contributed by atoms with van der Waals surface area (Å²) in [6, 6.07) is 4.85. The highest BCUT2D eigenvalue weighted by Gasteiger charge is 2.22. The smallest absolute Gasteiger partial charge is 0.142 e. The second kappa shape index (κ2) is 5.15. The SMILES string of the molecule is N[C@H](c1ccc(Cl)c(F)c1)C1CCCCC1. The van der Waals surface area contributed by atoms with Gasteiger partial charge in [-0.1, -0.05) is 36.9 Å². The first-order chi connectivity index (χ1) is 7.68. The van der Waals surface area contributed by atoms with Crippen LogP contribution in [0.5, 0.6) is 0 Å². The maximum atomic E-state index is 13.3. The van der Waals surface area contributed by atoms with E-state index in [4.69, 9.17) is 17.3 Å². The van der Waals surface area contributed by atoms with Gasteiger partial charge in [0, 0.05) is 6.04 Å². The van der Waals surface area contributed by atoms with E-state index in [2.05, 4.69) is 0 Å². The van der Waals surface area contributed by atoms with Crippen LogP contribution in [0, 0.1) is 11.7 Å². The average Bonchev–Trinajstić information content (AvgIpc) is 2.33. The van der Waals surface area contributed by atoms with Crippen LogP contribution in [0.1, 0.15) is 43.7 Å². The van der Waals surface area contributed by atoms with Crippen LogP contribution in [0.25, 0.3) is 0 Å². The van der Waals surface area contributed by atoms with Crippen molar-refractivity contribution in [1.29, 1.82) is 0 Å². The van der Waals surface area contributed by atoms with Gasteiger partial charge in [-0.3, -0.25) is 0 Å². The summed E-state index contributed by atoms with van der Waals surface area (Å²) in [6.07, 6.45) is 6.11. The van der Waals surface area contributed by atoms with Crippen molar-refractivity contribution in [2.75, 3.05) is 0 Å². The normalized spacial score (nSPS) is 19.7. The third kappa shape index (κ3) is 2.55. The molecule has 1 aliphatic rings. The lowest BCUT2D eigenvalue weighted by Crippen LogP contribution is -2.23. The lowest BCUT2D eigenvalue weighted by molar-refractivity contribution is 0.308. The minimum atomic E-state index is -0.370. The predicted molar refractivity (Wildman–Crippen MR) is 64.9 cm³/mol. The monoisotopic (exact) mass is 241 g/mol. The Morgan fingerprint density at radius 2 is 1.94 bits per heavy atom. The van der Waals surface area contributed by atoms with E-state index in [0.717, 1.165) is 18.4 Å². The minimum absolute atomic E-state index is 0.0490. The molecule has 1 fully saturated rings. The second-order valence-corrected chi connectivity index (χ2v) is 5.00. The molecule has 2 N–H and O–H groups in total. The maximum Gasteiger partial charge on any atom is 0.142 e. The van der Waals surface area contributed by atoms with Gasteiger partial charge in [-0.2, -0.15) is 0 Å². The summed E-state index contributed by atoms with van der Waals surface area (Å²) in [5.41, 5.74) is 7.05. The molecule has 1 aliphatic carbocycles. The Kier molecular flexibility index (Phi) is 3.82. The Morgan fingerprint density at radius 3 is 2.56 bits per heavy atom. The van der Waals surface area contributed by atoms with E-state index >= 15 is 0 Å². The number of hydrogen-bond acceptors (Lipinski definition) is 1. The van der Waals surface area contributed by atoms with E-state index in [0.29, 0.717) is 5.92 Å². The summed E-state index contributed by atoms with van der Waals surface area (Å²) < 4.78 is 13.3. The van der Waals surface area contributed by atoms with Crippen LogP contribution >= 0.6 is 11.6 Å². The first kappa shape index (κ1) is 11.9. The molecular formula is C13H17ClFN. The zero-order valence-electron chi connectivity index (χ0n) is 9.26. The van der Waals surface area contributed by atoms with Crippen LogP contribution in [0.4, 0.5) is 4.39 Å². The predicted octanol–water partition coefficient (Wildman–Crippen LogP) is 4.06. The van der Waals surface area contributed by atoms with Gasteiger partial charge in [-0.15, -0.1) is 0 Å². The summed E-state index contributed by atoms with van der Waals surface area (Å²) >= 11 is 5.66. The summed E-state index contributed by atoms with van der Waals surface area (Å²) in [4.78, 5) is 0. The van der Waals surface area contributed by atoms with Crippen LogP contribution in [-0.2, 0) is 0 Å². The molecule has 0 saturated heterocycles. The molecule has 1 aromatic carbocycles. The van der Waals surface area contributed by atoms with Crippen molar-refractivity contribution in [3.63, 3.8) is 0 Å². The molecule has 0 aromatic heterocycles. The van der Waals surface area contributed by atoms with E-state index in [1.54, 1.807) is 6.07 Å².